The van der Waals surface area contributed by atoms with Gasteiger partial charge in [0.2, 0.25) is 0 Å². The number of aromatic nitrogens is 2. The van der Waals surface area contributed by atoms with E-state index in [2.05, 4.69) is 10.4 Å². The molecule has 0 aliphatic carbocycles. The third-order valence-electron chi connectivity index (χ3n) is 6.26. The van der Waals surface area contributed by atoms with Crippen LogP contribution >= 0.6 is 12.4 Å². The standard InChI is InChI=1S/C22H28N4O2.ClH/c1-17-3-5-18(6-4-17)20(27)19-7-15-25(16-8-19)21(28)22(9-12-23-13-10-22)26-14-2-11-24-26;/h2-6,11,14,19,23H,7-10,12-13,15-16H2,1H3;1H. The minimum atomic E-state index is -0.595. The van der Waals surface area contributed by atoms with Crippen molar-refractivity contribution in [2.75, 3.05) is 26.2 Å². The number of benzene rings is 1. The van der Waals surface area contributed by atoms with E-state index < -0.39 is 5.54 Å². The summed E-state index contributed by atoms with van der Waals surface area (Å²) in [4.78, 5) is 28.3. The molecular weight excluding hydrogens is 388 g/mol. The fourth-order valence-electron chi connectivity index (χ4n) is 4.50. The Kier molecular flexibility index (Phi) is 6.75. The van der Waals surface area contributed by atoms with Gasteiger partial charge in [0.15, 0.2) is 5.78 Å². The fourth-order valence-corrected chi connectivity index (χ4v) is 4.50. The van der Waals surface area contributed by atoms with Gasteiger partial charge < -0.3 is 10.2 Å². The predicted molar refractivity (Wildman–Crippen MR) is 114 cm³/mol. The number of nitrogens with zero attached hydrogens (tertiary/aromatic N) is 3. The van der Waals surface area contributed by atoms with E-state index in [9.17, 15) is 9.59 Å². The van der Waals surface area contributed by atoms with Crippen LogP contribution in [0.1, 0.15) is 41.6 Å². The molecule has 2 saturated heterocycles. The predicted octanol–water partition coefficient (Wildman–Crippen LogP) is 2.81. The van der Waals surface area contributed by atoms with Gasteiger partial charge in [-0.15, -0.1) is 12.4 Å². The molecule has 4 rings (SSSR count). The van der Waals surface area contributed by atoms with E-state index in [0.717, 1.165) is 49.9 Å². The van der Waals surface area contributed by atoms with Crippen LogP contribution in [0.2, 0.25) is 0 Å². The van der Waals surface area contributed by atoms with E-state index in [0.29, 0.717) is 13.1 Å². The Bertz CT molecular complexity index is 821. The number of carbonyl (C=O) groups excluding carboxylic acids is 2. The van der Waals surface area contributed by atoms with E-state index >= 15 is 0 Å². The summed E-state index contributed by atoms with van der Waals surface area (Å²) >= 11 is 0. The second-order valence-electron chi connectivity index (χ2n) is 8.03. The van der Waals surface area contributed by atoms with Crippen LogP contribution in [0.5, 0.6) is 0 Å². The van der Waals surface area contributed by atoms with Crippen molar-refractivity contribution < 1.29 is 9.59 Å². The minimum Gasteiger partial charge on any atom is -0.341 e. The number of hydrogen-bond donors (Lipinski definition) is 1. The molecule has 1 aromatic carbocycles. The molecule has 3 heterocycles. The minimum absolute atomic E-state index is 0. The van der Waals surface area contributed by atoms with Crippen LogP contribution in [0, 0.1) is 12.8 Å². The van der Waals surface area contributed by atoms with Gasteiger partial charge in [-0.25, -0.2) is 0 Å². The molecule has 0 spiro atoms. The summed E-state index contributed by atoms with van der Waals surface area (Å²) in [7, 11) is 0. The number of ketones is 1. The summed E-state index contributed by atoms with van der Waals surface area (Å²) in [6.45, 7) is 4.92. The average Bonchev–Trinajstić information content (AvgIpc) is 3.29. The number of carbonyl (C=O) groups is 2. The maximum absolute atomic E-state index is 13.5. The van der Waals surface area contributed by atoms with Crippen molar-refractivity contribution in [3.05, 3.63) is 53.9 Å². The van der Waals surface area contributed by atoms with E-state index in [1.54, 1.807) is 6.20 Å². The molecule has 2 fully saturated rings. The molecule has 2 aromatic rings. The third kappa shape index (κ3) is 4.23. The van der Waals surface area contributed by atoms with Crippen LogP contribution in [-0.2, 0) is 10.3 Å². The van der Waals surface area contributed by atoms with Crippen molar-refractivity contribution in [3.8, 4) is 0 Å². The molecule has 1 amide bonds. The third-order valence-corrected chi connectivity index (χ3v) is 6.26. The van der Waals surface area contributed by atoms with Crippen molar-refractivity contribution >= 4 is 24.1 Å². The van der Waals surface area contributed by atoms with Crippen molar-refractivity contribution in [2.45, 2.75) is 38.1 Å². The summed E-state index contributed by atoms with van der Waals surface area (Å²) in [5, 5.41) is 7.75. The first kappa shape index (κ1) is 21.5. The molecule has 1 N–H and O–H groups in total. The Morgan fingerprint density at radius 3 is 2.34 bits per heavy atom. The zero-order valence-electron chi connectivity index (χ0n) is 16.8. The highest BCUT2D eigenvalue weighted by Crippen LogP contribution is 2.32. The topological polar surface area (TPSA) is 67.2 Å². The molecule has 0 atom stereocenters. The van der Waals surface area contributed by atoms with Gasteiger partial charge in [-0.1, -0.05) is 29.8 Å². The van der Waals surface area contributed by atoms with Crippen LogP contribution in [0.15, 0.2) is 42.7 Å². The SMILES string of the molecule is Cc1ccc(C(=O)C2CCN(C(=O)C3(n4cccn4)CCNCC3)CC2)cc1.Cl. The first-order chi connectivity index (χ1) is 13.6. The van der Waals surface area contributed by atoms with Gasteiger partial charge in [0.05, 0.1) is 0 Å². The van der Waals surface area contributed by atoms with E-state index in [1.165, 1.54) is 0 Å². The Labute approximate surface area is 178 Å². The Morgan fingerprint density at radius 2 is 1.76 bits per heavy atom. The van der Waals surface area contributed by atoms with Crippen LogP contribution < -0.4 is 5.32 Å². The average molecular weight is 417 g/mol. The molecule has 29 heavy (non-hydrogen) atoms. The maximum atomic E-state index is 13.5. The van der Waals surface area contributed by atoms with Gasteiger partial charge in [-0.05, 0) is 51.8 Å². The molecule has 7 heteroatoms. The summed E-state index contributed by atoms with van der Waals surface area (Å²) < 4.78 is 1.85. The quantitative estimate of drug-likeness (QED) is 0.778. The molecule has 6 nitrogen and oxygen atoms in total. The highest BCUT2D eigenvalue weighted by atomic mass is 35.5. The normalized spacial score (nSPS) is 19.4. The Balaban J connectivity index is 0.00000240. The molecule has 156 valence electrons. The Hall–Kier alpha value is -2.18. The van der Waals surface area contributed by atoms with E-state index in [4.69, 9.17) is 0 Å². The van der Waals surface area contributed by atoms with Gasteiger partial charge in [-0.2, -0.15) is 5.10 Å². The number of rotatable bonds is 4. The summed E-state index contributed by atoms with van der Waals surface area (Å²) in [6.07, 6.45) is 6.59. The van der Waals surface area contributed by atoms with Crippen LogP contribution in [-0.4, -0.2) is 52.5 Å². The van der Waals surface area contributed by atoms with Crippen molar-refractivity contribution in [1.29, 1.82) is 0 Å². The number of piperidine rings is 2. The Morgan fingerprint density at radius 1 is 1.10 bits per heavy atom. The lowest BCUT2D eigenvalue weighted by atomic mass is 9.84. The second kappa shape index (κ2) is 9.09. The highest BCUT2D eigenvalue weighted by Gasteiger charge is 2.45. The number of hydrogen-bond acceptors (Lipinski definition) is 4. The van der Waals surface area contributed by atoms with E-state index in [-0.39, 0.29) is 30.0 Å². The molecule has 0 unspecified atom stereocenters. The lowest BCUT2D eigenvalue weighted by Gasteiger charge is -2.42. The largest absolute Gasteiger partial charge is 0.341 e. The second-order valence-corrected chi connectivity index (χ2v) is 8.03. The molecule has 0 saturated carbocycles. The van der Waals surface area contributed by atoms with Gasteiger partial charge >= 0.3 is 0 Å². The lowest BCUT2D eigenvalue weighted by molar-refractivity contribution is -0.144. The number of nitrogens with one attached hydrogen (secondary N) is 1. The number of amides is 1. The van der Waals surface area contributed by atoms with Gasteiger partial charge in [0.25, 0.3) is 5.91 Å². The van der Waals surface area contributed by atoms with E-state index in [1.807, 2.05) is 53.0 Å². The number of likely N-dealkylation sites (tertiary alicyclic amines) is 1. The number of halogens is 1. The molecular formula is C22H29ClN4O2. The summed E-state index contributed by atoms with van der Waals surface area (Å²) in [6, 6.07) is 9.67. The van der Waals surface area contributed by atoms with Crippen LogP contribution in [0.3, 0.4) is 0 Å². The summed E-state index contributed by atoms with van der Waals surface area (Å²) in [5.74, 6) is 0.357. The lowest BCUT2D eigenvalue weighted by Crippen LogP contribution is -2.57. The number of Topliss-reactive ketones (excluding diaryl/α,β-unsaturated/α-hetero) is 1. The van der Waals surface area contributed by atoms with Crippen LogP contribution in [0.4, 0.5) is 0 Å². The monoisotopic (exact) mass is 416 g/mol. The van der Waals surface area contributed by atoms with Gasteiger partial charge in [0.1, 0.15) is 5.54 Å². The van der Waals surface area contributed by atoms with Crippen molar-refractivity contribution in [2.24, 2.45) is 5.92 Å². The zero-order chi connectivity index (χ0) is 19.6. The zero-order valence-corrected chi connectivity index (χ0v) is 17.7. The van der Waals surface area contributed by atoms with Crippen molar-refractivity contribution in [3.63, 3.8) is 0 Å². The fraction of sp³-hybridized carbons (Fsp3) is 0.500. The number of aryl methyl sites for hydroxylation is 1. The summed E-state index contributed by atoms with van der Waals surface area (Å²) in [5.41, 5.74) is 1.34. The molecule has 2 aliphatic heterocycles. The van der Waals surface area contributed by atoms with Gasteiger partial charge in [0, 0.05) is 37.0 Å². The first-order valence-corrected chi connectivity index (χ1v) is 10.2. The van der Waals surface area contributed by atoms with Crippen molar-refractivity contribution in [1.82, 2.24) is 20.0 Å². The highest BCUT2D eigenvalue weighted by molar-refractivity contribution is 5.98. The van der Waals surface area contributed by atoms with Crippen LogP contribution in [0.25, 0.3) is 0 Å². The molecule has 0 bridgehead atoms. The van der Waals surface area contributed by atoms with Gasteiger partial charge in [-0.3, -0.25) is 14.3 Å². The molecule has 1 aromatic heterocycles. The molecule has 0 radical (unpaired) electrons. The first-order valence-electron chi connectivity index (χ1n) is 10.2. The molecule has 2 aliphatic rings. The smallest absolute Gasteiger partial charge is 0.250 e. The maximum Gasteiger partial charge on any atom is 0.250 e.